The second kappa shape index (κ2) is 6.60. The molecule has 2 aromatic rings. The monoisotopic (exact) mass is 288 g/mol. The van der Waals surface area contributed by atoms with Crippen LogP contribution >= 0.6 is 23.8 Å². The lowest BCUT2D eigenvalue weighted by atomic mass is 10.00. The van der Waals surface area contributed by atoms with Crippen LogP contribution in [0.3, 0.4) is 0 Å². The number of hydrogen-bond donors (Lipinski definition) is 0. The molecule has 0 radical (unpaired) electrons. The number of Topliss-reactive ketones (excluding diaryl/α,β-unsaturated/α-hetero) is 1. The normalized spacial score (nSPS) is 10.2. The molecule has 0 bridgehead atoms. The van der Waals surface area contributed by atoms with Crippen LogP contribution in [0, 0.1) is 0 Å². The van der Waals surface area contributed by atoms with Crippen LogP contribution in [0.5, 0.6) is 0 Å². The average molecular weight is 289 g/mol. The number of ketones is 1. The zero-order chi connectivity index (χ0) is 13.7. The van der Waals surface area contributed by atoms with Crippen LogP contribution in [0.15, 0.2) is 48.5 Å². The summed E-state index contributed by atoms with van der Waals surface area (Å²) in [6.45, 7) is 0. The average Bonchev–Trinajstić information content (AvgIpc) is 2.45. The van der Waals surface area contributed by atoms with Gasteiger partial charge in [0.15, 0.2) is 5.78 Å². The fourth-order valence-corrected chi connectivity index (χ4v) is 2.42. The van der Waals surface area contributed by atoms with Gasteiger partial charge in [0.2, 0.25) is 0 Å². The number of rotatable bonds is 5. The molecule has 0 aliphatic heterocycles. The molecule has 0 amide bonds. The molecular weight excluding hydrogens is 276 g/mol. The van der Waals surface area contributed by atoms with E-state index in [2.05, 4.69) is 0 Å². The largest absolute Gasteiger partial charge is 0.294 e. The first-order valence-corrected chi connectivity index (χ1v) is 6.88. The minimum atomic E-state index is 0.0600. The predicted molar refractivity (Wildman–Crippen MR) is 83.3 cm³/mol. The Morgan fingerprint density at radius 1 is 1.11 bits per heavy atom. The number of hydrogen-bond acceptors (Lipinski definition) is 2. The predicted octanol–water partition coefficient (Wildman–Crippen LogP) is 4.50. The molecule has 19 heavy (non-hydrogen) atoms. The number of benzene rings is 2. The van der Waals surface area contributed by atoms with E-state index in [9.17, 15) is 4.79 Å². The summed E-state index contributed by atoms with van der Waals surface area (Å²) in [6.07, 6.45) is 1.11. The first-order valence-electron chi connectivity index (χ1n) is 6.03. The molecule has 0 atom stereocenters. The molecule has 0 spiro atoms. The number of halogens is 1. The first kappa shape index (κ1) is 13.9. The number of carbonyl (C=O) groups excluding carboxylic acids is 1. The summed E-state index contributed by atoms with van der Waals surface area (Å²) in [7, 11) is 0. The summed E-state index contributed by atoms with van der Waals surface area (Å²) in [4.78, 5) is 12.1. The standard InChI is InChI=1S/C16H13ClOS/c17-15-8-4-3-7-14(15)16(18)10-9-12-5-1-2-6-13(12)11-19/h1-8,11H,9-10H2. The molecule has 1 nitrogen and oxygen atoms in total. The summed E-state index contributed by atoms with van der Waals surface area (Å²) in [5.41, 5.74) is 2.69. The molecule has 0 saturated heterocycles. The molecule has 0 heterocycles. The highest BCUT2D eigenvalue weighted by Crippen LogP contribution is 2.18. The van der Waals surface area contributed by atoms with E-state index in [1.807, 2.05) is 36.4 Å². The van der Waals surface area contributed by atoms with Gasteiger partial charge in [0.25, 0.3) is 0 Å². The van der Waals surface area contributed by atoms with Gasteiger partial charge >= 0.3 is 0 Å². The van der Waals surface area contributed by atoms with Crippen LogP contribution in [0.2, 0.25) is 5.02 Å². The highest BCUT2D eigenvalue weighted by atomic mass is 35.5. The van der Waals surface area contributed by atoms with Crippen LogP contribution in [-0.2, 0) is 6.42 Å². The Morgan fingerprint density at radius 3 is 2.53 bits per heavy atom. The van der Waals surface area contributed by atoms with Crippen molar-refractivity contribution in [3.63, 3.8) is 0 Å². The third kappa shape index (κ3) is 3.49. The van der Waals surface area contributed by atoms with E-state index in [0.29, 0.717) is 23.4 Å². The Morgan fingerprint density at radius 2 is 1.79 bits per heavy atom. The summed E-state index contributed by atoms with van der Waals surface area (Å²) in [6, 6.07) is 15.0. The van der Waals surface area contributed by atoms with Crippen molar-refractivity contribution in [2.24, 2.45) is 0 Å². The lowest BCUT2D eigenvalue weighted by molar-refractivity contribution is 0.0983. The van der Waals surface area contributed by atoms with Crippen molar-refractivity contribution in [2.45, 2.75) is 12.8 Å². The second-order valence-electron chi connectivity index (χ2n) is 4.22. The molecule has 2 rings (SSSR count). The molecule has 0 saturated carbocycles. The van der Waals surface area contributed by atoms with Gasteiger partial charge in [0.05, 0.1) is 5.02 Å². The van der Waals surface area contributed by atoms with E-state index in [4.69, 9.17) is 23.8 Å². The van der Waals surface area contributed by atoms with Gasteiger partial charge in [0.1, 0.15) is 0 Å². The zero-order valence-electron chi connectivity index (χ0n) is 10.3. The summed E-state index contributed by atoms with van der Waals surface area (Å²) < 4.78 is 0. The summed E-state index contributed by atoms with van der Waals surface area (Å²) in [5, 5.41) is 2.16. The maximum atomic E-state index is 12.1. The Kier molecular flexibility index (Phi) is 4.83. The van der Waals surface area contributed by atoms with Gasteiger partial charge in [0, 0.05) is 17.4 Å². The van der Waals surface area contributed by atoms with E-state index >= 15 is 0 Å². The van der Waals surface area contributed by atoms with Crippen molar-refractivity contribution in [3.8, 4) is 0 Å². The molecule has 0 fully saturated rings. The molecule has 0 N–H and O–H groups in total. The maximum absolute atomic E-state index is 12.1. The van der Waals surface area contributed by atoms with Gasteiger partial charge in [-0.3, -0.25) is 4.79 Å². The third-order valence-electron chi connectivity index (χ3n) is 2.98. The van der Waals surface area contributed by atoms with Crippen molar-refractivity contribution >= 4 is 35.0 Å². The minimum Gasteiger partial charge on any atom is -0.294 e. The Labute approximate surface area is 123 Å². The first-order chi connectivity index (χ1) is 9.22. The Balaban J connectivity index is 2.09. The lowest BCUT2D eigenvalue weighted by Gasteiger charge is -2.06. The van der Waals surface area contributed by atoms with Crippen molar-refractivity contribution in [1.29, 1.82) is 0 Å². The van der Waals surface area contributed by atoms with E-state index < -0.39 is 0 Å². The van der Waals surface area contributed by atoms with Gasteiger partial charge in [-0.1, -0.05) is 60.2 Å². The highest BCUT2D eigenvalue weighted by Gasteiger charge is 2.10. The van der Waals surface area contributed by atoms with E-state index in [1.54, 1.807) is 17.5 Å². The zero-order valence-corrected chi connectivity index (χ0v) is 11.9. The summed E-state index contributed by atoms with van der Waals surface area (Å²) in [5.74, 6) is 0.0600. The van der Waals surface area contributed by atoms with Crippen molar-refractivity contribution in [3.05, 3.63) is 70.2 Å². The topological polar surface area (TPSA) is 17.1 Å². The van der Waals surface area contributed by atoms with Crippen LogP contribution in [0.4, 0.5) is 0 Å². The smallest absolute Gasteiger partial charge is 0.164 e. The van der Waals surface area contributed by atoms with Gasteiger partial charge in [-0.25, -0.2) is 0 Å². The quantitative estimate of drug-likeness (QED) is 0.595. The summed E-state index contributed by atoms with van der Waals surface area (Å²) >= 11 is 11.0. The van der Waals surface area contributed by atoms with Crippen molar-refractivity contribution in [2.75, 3.05) is 0 Å². The second-order valence-corrected chi connectivity index (χ2v) is 4.86. The number of thiocarbonyl (C=S) groups is 1. The molecular formula is C16H13ClOS. The molecule has 3 heteroatoms. The fourth-order valence-electron chi connectivity index (χ4n) is 1.95. The van der Waals surface area contributed by atoms with Crippen molar-refractivity contribution < 1.29 is 4.79 Å². The maximum Gasteiger partial charge on any atom is 0.164 e. The van der Waals surface area contributed by atoms with Gasteiger partial charge in [-0.2, -0.15) is 0 Å². The molecule has 0 aliphatic rings. The minimum absolute atomic E-state index is 0.0600. The molecule has 0 aromatic heterocycles. The number of aryl methyl sites for hydroxylation is 1. The van der Waals surface area contributed by atoms with E-state index in [1.165, 1.54) is 0 Å². The van der Waals surface area contributed by atoms with Crippen LogP contribution < -0.4 is 0 Å². The molecule has 0 aliphatic carbocycles. The van der Waals surface area contributed by atoms with Crippen LogP contribution in [0.1, 0.15) is 27.9 Å². The van der Waals surface area contributed by atoms with E-state index in [0.717, 1.165) is 11.1 Å². The molecule has 0 unspecified atom stereocenters. The van der Waals surface area contributed by atoms with Crippen LogP contribution in [-0.4, -0.2) is 11.2 Å². The van der Waals surface area contributed by atoms with Gasteiger partial charge < -0.3 is 0 Å². The Bertz CT molecular complexity index is 607. The van der Waals surface area contributed by atoms with Crippen molar-refractivity contribution in [1.82, 2.24) is 0 Å². The van der Waals surface area contributed by atoms with Crippen LogP contribution in [0.25, 0.3) is 0 Å². The van der Waals surface area contributed by atoms with E-state index in [-0.39, 0.29) is 5.78 Å². The Hall–Kier alpha value is -1.51. The third-order valence-corrected chi connectivity index (χ3v) is 3.56. The van der Waals surface area contributed by atoms with Gasteiger partial charge in [-0.15, -0.1) is 0 Å². The SMILES string of the molecule is O=C(CCc1ccccc1C=S)c1ccccc1Cl. The van der Waals surface area contributed by atoms with Gasteiger partial charge in [-0.05, 0) is 29.7 Å². The highest BCUT2D eigenvalue weighted by molar-refractivity contribution is 7.79. The molecule has 2 aromatic carbocycles. The molecule has 96 valence electrons. The number of carbonyl (C=O) groups is 1. The fraction of sp³-hybridized carbons (Fsp3) is 0.125. The lowest BCUT2D eigenvalue weighted by Crippen LogP contribution is -2.03.